The van der Waals surface area contributed by atoms with Gasteiger partial charge in [0, 0.05) is 23.5 Å². The van der Waals surface area contributed by atoms with E-state index in [1.807, 2.05) is 18.2 Å². The van der Waals surface area contributed by atoms with Gasteiger partial charge in [0.2, 0.25) is 0 Å². The second kappa shape index (κ2) is 6.15. The Morgan fingerprint density at radius 2 is 2.00 bits per heavy atom. The summed E-state index contributed by atoms with van der Waals surface area (Å²) in [6, 6.07) is 10.8. The van der Waals surface area contributed by atoms with E-state index in [1.54, 1.807) is 23.5 Å². The minimum Gasteiger partial charge on any atom is -0.312 e. The normalized spacial score (nSPS) is 10.7. The van der Waals surface area contributed by atoms with Crippen molar-refractivity contribution in [3.8, 4) is 0 Å². The fraction of sp³-hybridized carbons (Fsp3) is 0.231. The maximum atomic E-state index is 13.3. The van der Waals surface area contributed by atoms with E-state index in [0.717, 1.165) is 17.3 Å². The van der Waals surface area contributed by atoms with Crippen molar-refractivity contribution in [1.82, 2.24) is 5.32 Å². The highest BCUT2D eigenvalue weighted by Gasteiger charge is 2.00. The number of hydrogen-bond acceptors (Lipinski definition) is 2. The quantitative estimate of drug-likeness (QED) is 0.813. The van der Waals surface area contributed by atoms with Gasteiger partial charge in [0.15, 0.2) is 0 Å². The lowest BCUT2D eigenvalue weighted by molar-refractivity contribution is 0.589. The van der Waals surface area contributed by atoms with Crippen LogP contribution in [0.5, 0.6) is 0 Å². The largest absolute Gasteiger partial charge is 0.312 e. The second-order valence-electron chi connectivity index (χ2n) is 3.72. The van der Waals surface area contributed by atoms with Gasteiger partial charge in [-0.05, 0) is 24.6 Å². The van der Waals surface area contributed by atoms with Crippen LogP contribution in [0, 0.1) is 5.82 Å². The zero-order valence-electron chi connectivity index (χ0n) is 9.25. The van der Waals surface area contributed by atoms with E-state index in [9.17, 15) is 4.39 Å². The predicted octanol–water partition coefficient (Wildman–Crippen LogP) is 3.87. The molecule has 0 bridgehead atoms. The van der Waals surface area contributed by atoms with Gasteiger partial charge in [0.05, 0.1) is 4.34 Å². The molecule has 0 amide bonds. The highest BCUT2D eigenvalue weighted by molar-refractivity contribution is 7.16. The van der Waals surface area contributed by atoms with Crippen molar-refractivity contribution in [1.29, 1.82) is 0 Å². The molecule has 0 saturated heterocycles. The van der Waals surface area contributed by atoms with E-state index in [1.165, 1.54) is 10.9 Å². The molecule has 0 radical (unpaired) electrons. The molecule has 0 aliphatic carbocycles. The van der Waals surface area contributed by atoms with Crippen molar-refractivity contribution in [2.75, 3.05) is 6.54 Å². The summed E-state index contributed by atoms with van der Waals surface area (Å²) in [6.45, 7) is 1.39. The predicted molar refractivity (Wildman–Crippen MR) is 71.1 cm³/mol. The molecule has 0 spiro atoms. The zero-order valence-corrected chi connectivity index (χ0v) is 10.8. The number of nitrogens with one attached hydrogen (secondary N) is 1. The van der Waals surface area contributed by atoms with Crippen LogP contribution >= 0.6 is 22.9 Å². The summed E-state index contributed by atoms with van der Waals surface area (Å²) < 4.78 is 14.1. The third-order valence-corrected chi connectivity index (χ3v) is 3.74. The van der Waals surface area contributed by atoms with Crippen molar-refractivity contribution < 1.29 is 4.39 Å². The second-order valence-corrected chi connectivity index (χ2v) is 5.52. The van der Waals surface area contributed by atoms with Gasteiger partial charge in [-0.1, -0.05) is 29.8 Å². The Labute approximate surface area is 109 Å². The number of halogens is 2. The number of benzene rings is 1. The van der Waals surface area contributed by atoms with Crippen LogP contribution in [0.2, 0.25) is 4.34 Å². The van der Waals surface area contributed by atoms with Crippen molar-refractivity contribution >= 4 is 22.9 Å². The highest BCUT2D eigenvalue weighted by atomic mass is 35.5. The maximum Gasteiger partial charge on any atom is 0.127 e. The molecule has 0 aliphatic rings. The van der Waals surface area contributed by atoms with Crippen LogP contribution in [-0.4, -0.2) is 6.54 Å². The average Bonchev–Trinajstić information content (AvgIpc) is 2.73. The van der Waals surface area contributed by atoms with Gasteiger partial charge < -0.3 is 5.32 Å². The van der Waals surface area contributed by atoms with Crippen molar-refractivity contribution in [2.24, 2.45) is 0 Å². The van der Waals surface area contributed by atoms with E-state index in [0.29, 0.717) is 12.1 Å². The molecule has 17 heavy (non-hydrogen) atoms. The number of thiophene rings is 1. The molecule has 0 aliphatic heterocycles. The van der Waals surface area contributed by atoms with Crippen LogP contribution in [0.15, 0.2) is 36.4 Å². The lowest BCUT2D eigenvalue weighted by atomic mass is 10.2. The van der Waals surface area contributed by atoms with Gasteiger partial charge in [-0.2, -0.15) is 0 Å². The molecule has 1 aromatic heterocycles. The first-order chi connectivity index (χ1) is 8.25. The molecule has 1 aromatic carbocycles. The van der Waals surface area contributed by atoms with E-state index in [2.05, 4.69) is 5.32 Å². The van der Waals surface area contributed by atoms with Gasteiger partial charge in [-0.3, -0.25) is 0 Å². The first-order valence-electron chi connectivity index (χ1n) is 5.44. The Balaban J connectivity index is 1.75. The van der Waals surface area contributed by atoms with Gasteiger partial charge in [-0.25, -0.2) is 4.39 Å². The van der Waals surface area contributed by atoms with Gasteiger partial charge >= 0.3 is 0 Å². The molecular weight excluding hydrogens is 257 g/mol. The summed E-state index contributed by atoms with van der Waals surface area (Å²) >= 11 is 7.43. The van der Waals surface area contributed by atoms with Crippen molar-refractivity contribution in [3.63, 3.8) is 0 Å². The maximum absolute atomic E-state index is 13.3. The topological polar surface area (TPSA) is 12.0 Å². The minimum atomic E-state index is -0.154. The Kier molecular flexibility index (Phi) is 4.54. The van der Waals surface area contributed by atoms with Gasteiger partial charge in [0.25, 0.3) is 0 Å². The van der Waals surface area contributed by atoms with Crippen LogP contribution in [0.3, 0.4) is 0 Å². The first kappa shape index (κ1) is 12.6. The zero-order chi connectivity index (χ0) is 12.1. The fourth-order valence-corrected chi connectivity index (χ4v) is 2.65. The van der Waals surface area contributed by atoms with Crippen molar-refractivity contribution in [3.05, 3.63) is 57.0 Å². The third kappa shape index (κ3) is 3.80. The first-order valence-corrected chi connectivity index (χ1v) is 6.63. The Morgan fingerprint density at radius 3 is 2.71 bits per heavy atom. The Bertz CT molecular complexity index is 484. The summed E-state index contributed by atoms with van der Waals surface area (Å²) in [4.78, 5) is 1.25. The SMILES string of the molecule is Fc1ccccc1CNCCc1ccc(Cl)s1. The Morgan fingerprint density at radius 1 is 1.18 bits per heavy atom. The van der Waals surface area contributed by atoms with Crippen LogP contribution < -0.4 is 5.32 Å². The summed E-state index contributed by atoms with van der Waals surface area (Å²) in [5.41, 5.74) is 0.705. The lowest BCUT2D eigenvalue weighted by Gasteiger charge is -2.04. The fourth-order valence-electron chi connectivity index (χ4n) is 1.56. The molecule has 1 nitrogen and oxygen atoms in total. The number of rotatable bonds is 5. The van der Waals surface area contributed by atoms with Crippen LogP contribution in [0.1, 0.15) is 10.4 Å². The molecule has 1 heterocycles. The molecule has 4 heteroatoms. The molecule has 2 rings (SSSR count). The van der Waals surface area contributed by atoms with E-state index < -0.39 is 0 Å². The monoisotopic (exact) mass is 269 g/mol. The Hall–Kier alpha value is -0.900. The highest BCUT2D eigenvalue weighted by Crippen LogP contribution is 2.21. The third-order valence-electron chi connectivity index (χ3n) is 2.45. The van der Waals surface area contributed by atoms with Gasteiger partial charge in [-0.15, -0.1) is 11.3 Å². The van der Waals surface area contributed by atoms with E-state index in [-0.39, 0.29) is 5.82 Å². The average molecular weight is 270 g/mol. The number of hydrogen-bond donors (Lipinski definition) is 1. The summed E-state index contributed by atoms with van der Waals surface area (Å²) in [5, 5.41) is 3.22. The molecular formula is C13H13ClFNS. The van der Waals surface area contributed by atoms with Crippen LogP contribution in [0.4, 0.5) is 4.39 Å². The van der Waals surface area contributed by atoms with E-state index in [4.69, 9.17) is 11.6 Å². The molecule has 1 N–H and O–H groups in total. The standard InChI is InChI=1S/C13H13ClFNS/c14-13-6-5-11(17-13)7-8-16-9-10-3-1-2-4-12(10)15/h1-6,16H,7-9H2. The minimum absolute atomic E-state index is 0.154. The van der Waals surface area contributed by atoms with Crippen molar-refractivity contribution in [2.45, 2.75) is 13.0 Å². The van der Waals surface area contributed by atoms with E-state index >= 15 is 0 Å². The van der Waals surface area contributed by atoms with Crippen LogP contribution in [0.25, 0.3) is 0 Å². The molecule has 0 unspecified atom stereocenters. The molecule has 90 valence electrons. The summed E-state index contributed by atoms with van der Waals surface area (Å²) in [6.07, 6.45) is 0.922. The lowest BCUT2D eigenvalue weighted by Crippen LogP contribution is -2.17. The molecule has 0 fully saturated rings. The molecule has 2 aromatic rings. The molecule has 0 atom stereocenters. The smallest absolute Gasteiger partial charge is 0.127 e. The van der Waals surface area contributed by atoms with Gasteiger partial charge in [0.1, 0.15) is 5.82 Å². The molecule has 0 saturated carbocycles. The summed E-state index contributed by atoms with van der Waals surface area (Å²) in [7, 11) is 0. The summed E-state index contributed by atoms with van der Waals surface area (Å²) in [5.74, 6) is -0.154. The van der Waals surface area contributed by atoms with Crippen LogP contribution in [-0.2, 0) is 13.0 Å².